The molecule has 0 saturated carbocycles. The molecule has 3 heteroatoms. The minimum Gasteiger partial charge on any atom is -0.488 e. The molecule has 0 aliphatic rings. The van der Waals surface area contributed by atoms with Crippen molar-refractivity contribution >= 4 is 10.8 Å². The predicted octanol–water partition coefficient (Wildman–Crippen LogP) is 2.39. The van der Waals surface area contributed by atoms with Gasteiger partial charge in [-0.2, -0.15) is 0 Å². The van der Waals surface area contributed by atoms with Gasteiger partial charge in [0.05, 0.1) is 5.56 Å². The number of rotatable bonds is 4. The van der Waals surface area contributed by atoms with Crippen LogP contribution in [0.4, 0.5) is 0 Å². The highest BCUT2D eigenvalue weighted by Crippen LogP contribution is 2.32. The fourth-order valence-electron chi connectivity index (χ4n) is 1.77. The third kappa shape index (κ3) is 2.30. The average molecular weight is 230 g/mol. The van der Waals surface area contributed by atoms with Crippen LogP contribution in [-0.2, 0) is 0 Å². The number of benzene rings is 2. The fourth-order valence-corrected chi connectivity index (χ4v) is 1.77. The van der Waals surface area contributed by atoms with E-state index in [4.69, 9.17) is 4.74 Å². The Bertz CT molecular complexity index is 532. The van der Waals surface area contributed by atoms with Crippen molar-refractivity contribution in [3.05, 3.63) is 54.6 Å². The lowest BCUT2D eigenvalue weighted by Gasteiger charge is -2.14. The molecule has 0 spiro atoms. The normalized spacial score (nSPS) is 10.8. The Morgan fingerprint density at radius 3 is 2.65 bits per heavy atom. The molecule has 2 N–H and O–H groups in total. The van der Waals surface area contributed by atoms with Gasteiger partial charge in [0.1, 0.15) is 12.4 Å². The minimum absolute atomic E-state index is 0.327. The second-order valence-electron chi connectivity index (χ2n) is 3.68. The molecule has 3 nitrogen and oxygen atoms in total. The summed E-state index contributed by atoms with van der Waals surface area (Å²) in [6, 6.07) is 11.1. The van der Waals surface area contributed by atoms with E-state index in [1.54, 1.807) is 12.1 Å². The van der Waals surface area contributed by atoms with E-state index in [0.29, 0.717) is 17.9 Å². The molecule has 17 heavy (non-hydrogen) atoms. The van der Waals surface area contributed by atoms with E-state index < -0.39 is 6.29 Å². The molecule has 0 unspecified atom stereocenters. The fraction of sp³-hybridized carbons (Fsp3) is 0.143. The Hall–Kier alpha value is -1.84. The van der Waals surface area contributed by atoms with Gasteiger partial charge < -0.3 is 14.9 Å². The molecule has 0 saturated heterocycles. The van der Waals surface area contributed by atoms with Gasteiger partial charge in [0, 0.05) is 5.39 Å². The molecule has 0 bridgehead atoms. The zero-order chi connectivity index (χ0) is 12.3. The van der Waals surface area contributed by atoms with Crippen LogP contribution in [0.3, 0.4) is 0 Å². The average Bonchev–Trinajstić information content (AvgIpc) is 2.35. The number of aliphatic hydroxyl groups excluding tert-OH is 1. The third-order valence-electron chi connectivity index (χ3n) is 2.53. The first-order valence-electron chi connectivity index (χ1n) is 5.35. The molecular weight excluding hydrogens is 216 g/mol. The molecule has 0 radical (unpaired) electrons. The Morgan fingerprint density at radius 2 is 1.94 bits per heavy atom. The van der Waals surface area contributed by atoms with Crippen molar-refractivity contribution in [3.63, 3.8) is 0 Å². The number of ether oxygens (including phenoxy) is 1. The maximum absolute atomic E-state index is 9.31. The molecule has 0 fully saturated rings. The first kappa shape index (κ1) is 11.6. The SMILES string of the molecule is C=CCOc1c(C(O)O)ccc2ccccc12. The lowest BCUT2D eigenvalue weighted by Crippen LogP contribution is -2.02. The summed E-state index contributed by atoms with van der Waals surface area (Å²) in [6.45, 7) is 3.91. The molecule has 0 aromatic heterocycles. The summed E-state index contributed by atoms with van der Waals surface area (Å²) in [5, 5.41) is 20.5. The van der Waals surface area contributed by atoms with Crippen LogP contribution in [0.5, 0.6) is 5.75 Å². The van der Waals surface area contributed by atoms with Crippen LogP contribution in [-0.4, -0.2) is 16.8 Å². The van der Waals surface area contributed by atoms with Crippen molar-refractivity contribution in [2.24, 2.45) is 0 Å². The van der Waals surface area contributed by atoms with E-state index in [2.05, 4.69) is 6.58 Å². The maximum Gasteiger partial charge on any atom is 0.182 e. The molecule has 88 valence electrons. The lowest BCUT2D eigenvalue weighted by atomic mass is 10.0. The predicted molar refractivity (Wildman–Crippen MR) is 66.8 cm³/mol. The first-order chi connectivity index (χ1) is 8.24. The van der Waals surface area contributed by atoms with Crippen molar-refractivity contribution in [2.45, 2.75) is 6.29 Å². The maximum atomic E-state index is 9.31. The summed E-state index contributed by atoms with van der Waals surface area (Å²) in [4.78, 5) is 0. The Labute approximate surface area is 99.6 Å². The van der Waals surface area contributed by atoms with Crippen LogP contribution < -0.4 is 4.74 Å². The van der Waals surface area contributed by atoms with Crippen molar-refractivity contribution in [1.29, 1.82) is 0 Å². The van der Waals surface area contributed by atoms with Gasteiger partial charge in [0.15, 0.2) is 6.29 Å². The highest BCUT2D eigenvalue weighted by molar-refractivity contribution is 5.89. The van der Waals surface area contributed by atoms with Crippen molar-refractivity contribution in [1.82, 2.24) is 0 Å². The van der Waals surface area contributed by atoms with E-state index >= 15 is 0 Å². The van der Waals surface area contributed by atoms with E-state index in [-0.39, 0.29) is 0 Å². The van der Waals surface area contributed by atoms with Crippen LogP contribution in [0, 0.1) is 0 Å². The zero-order valence-corrected chi connectivity index (χ0v) is 9.34. The molecule has 0 amide bonds. The number of aliphatic hydroxyl groups is 2. The van der Waals surface area contributed by atoms with Crippen LogP contribution in [0.15, 0.2) is 49.1 Å². The largest absolute Gasteiger partial charge is 0.488 e. The quantitative estimate of drug-likeness (QED) is 0.626. The highest BCUT2D eigenvalue weighted by atomic mass is 16.5. The zero-order valence-electron chi connectivity index (χ0n) is 9.34. The van der Waals surface area contributed by atoms with E-state index in [1.807, 2.05) is 30.3 Å². The van der Waals surface area contributed by atoms with Crippen molar-refractivity contribution in [3.8, 4) is 5.75 Å². The summed E-state index contributed by atoms with van der Waals surface area (Å²) in [7, 11) is 0. The second kappa shape index (κ2) is 4.99. The van der Waals surface area contributed by atoms with Gasteiger partial charge in [-0.25, -0.2) is 0 Å². The van der Waals surface area contributed by atoms with Gasteiger partial charge in [0.25, 0.3) is 0 Å². The Kier molecular flexibility index (Phi) is 3.42. The van der Waals surface area contributed by atoms with E-state index in [9.17, 15) is 10.2 Å². The molecule has 0 aliphatic carbocycles. The first-order valence-corrected chi connectivity index (χ1v) is 5.35. The summed E-state index contributed by atoms with van der Waals surface area (Å²) in [5.74, 6) is 0.498. The van der Waals surface area contributed by atoms with Crippen LogP contribution in [0.1, 0.15) is 11.9 Å². The summed E-state index contributed by atoms with van der Waals surface area (Å²) >= 11 is 0. The number of hydrogen-bond acceptors (Lipinski definition) is 3. The van der Waals surface area contributed by atoms with Gasteiger partial charge in [-0.1, -0.05) is 43.0 Å². The Balaban J connectivity index is 2.61. The standard InChI is InChI=1S/C14H14O3/c1-2-9-17-13-11-6-4-3-5-10(11)7-8-12(13)14(15)16/h2-8,14-16H,1,9H2. The van der Waals surface area contributed by atoms with Crippen LogP contribution >= 0.6 is 0 Å². The second-order valence-corrected chi connectivity index (χ2v) is 3.68. The van der Waals surface area contributed by atoms with Crippen LogP contribution in [0.25, 0.3) is 10.8 Å². The molecule has 2 rings (SSSR count). The van der Waals surface area contributed by atoms with Gasteiger partial charge in [-0.15, -0.1) is 0 Å². The van der Waals surface area contributed by atoms with E-state index in [0.717, 1.165) is 10.8 Å². The lowest BCUT2D eigenvalue weighted by molar-refractivity contribution is -0.0439. The molecule has 2 aromatic carbocycles. The number of hydrogen-bond donors (Lipinski definition) is 2. The Morgan fingerprint density at radius 1 is 1.18 bits per heavy atom. The van der Waals surface area contributed by atoms with E-state index in [1.165, 1.54) is 0 Å². The minimum atomic E-state index is -1.54. The summed E-state index contributed by atoms with van der Waals surface area (Å²) in [5.41, 5.74) is 0.366. The van der Waals surface area contributed by atoms with Crippen molar-refractivity contribution < 1.29 is 14.9 Å². The monoisotopic (exact) mass is 230 g/mol. The van der Waals surface area contributed by atoms with Gasteiger partial charge >= 0.3 is 0 Å². The van der Waals surface area contributed by atoms with Crippen LogP contribution in [0.2, 0.25) is 0 Å². The van der Waals surface area contributed by atoms with Gasteiger partial charge in [0.2, 0.25) is 0 Å². The number of fused-ring (bicyclic) bond motifs is 1. The van der Waals surface area contributed by atoms with Gasteiger partial charge in [-0.3, -0.25) is 0 Å². The van der Waals surface area contributed by atoms with Gasteiger partial charge in [-0.05, 0) is 11.5 Å². The molecule has 2 aromatic rings. The summed E-state index contributed by atoms with van der Waals surface area (Å²) in [6.07, 6.45) is 0.0781. The molecule has 0 atom stereocenters. The highest BCUT2D eigenvalue weighted by Gasteiger charge is 2.13. The summed E-state index contributed by atoms with van der Waals surface area (Å²) < 4.78 is 5.52. The van der Waals surface area contributed by atoms with Crippen molar-refractivity contribution in [2.75, 3.05) is 6.61 Å². The topological polar surface area (TPSA) is 49.7 Å². The molecule has 0 heterocycles. The smallest absolute Gasteiger partial charge is 0.182 e. The third-order valence-corrected chi connectivity index (χ3v) is 2.53. The molecular formula is C14H14O3. The molecule has 0 aliphatic heterocycles.